The van der Waals surface area contributed by atoms with Gasteiger partial charge in [-0.2, -0.15) is 0 Å². The van der Waals surface area contributed by atoms with Crippen molar-refractivity contribution in [2.45, 2.75) is 77.7 Å². The SMILES string of the molecule is CC(N)OC1C=C[C@@]2(C)C(=C1)CC[C@H]1[C@@H]3CC[C@H](O)[C@@]3(C)CC[C@@H]12. The smallest absolute Gasteiger partial charge is 0.104 e. The molecule has 3 heteroatoms. The van der Waals surface area contributed by atoms with Crippen molar-refractivity contribution in [2.75, 3.05) is 0 Å². The Bertz CT molecular complexity index is 568. The average Bonchev–Trinajstić information content (AvgIpc) is 2.83. The maximum atomic E-state index is 10.5. The van der Waals surface area contributed by atoms with Gasteiger partial charge in [0.1, 0.15) is 6.23 Å². The normalized spacial score (nSPS) is 51.4. The monoisotopic (exact) mass is 331 g/mol. The Morgan fingerprint density at radius 1 is 1.21 bits per heavy atom. The second-order valence-corrected chi connectivity index (χ2v) is 9.19. The van der Waals surface area contributed by atoms with E-state index < -0.39 is 0 Å². The van der Waals surface area contributed by atoms with Crippen molar-refractivity contribution in [3.63, 3.8) is 0 Å². The molecule has 2 unspecified atom stereocenters. The lowest BCUT2D eigenvalue weighted by atomic mass is 9.48. The number of nitrogens with two attached hydrogens (primary N) is 1. The molecule has 24 heavy (non-hydrogen) atoms. The van der Waals surface area contributed by atoms with Crippen molar-refractivity contribution in [3.05, 3.63) is 23.8 Å². The van der Waals surface area contributed by atoms with E-state index in [4.69, 9.17) is 10.5 Å². The van der Waals surface area contributed by atoms with Crippen LogP contribution in [0.5, 0.6) is 0 Å². The third-order valence-electron chi connectivity index (χ3n) is 7.97. The molecule has 4 aliphatic carbocycles. The molecule has 0 saturated heterocycles. The Balaban J connectivity index is 1.60. The van der Waals surface area contributed by atoms with Gasteiger partial charge in [-0.05, 0) is 68.6 Å². The molecule has 8 atom stereocenters. The van der Waals surface area contributed by atoms with Gasteiger partial charge >= 0.3 is 0 Å². The topological polar surface area (TPSA) is 55.5 Å². The third-order valence-corrected chi connectivity index (χ3v) is 7.97. The van der Waals surface area contributed by atoms with Gasteiger partial charge in [0.15, 0.2) is 0 Å². The van der Waals surface area contributed by atoms with Gasteiger partial charge in [0.2, 0.25) is 0 Å². The molecule has 134 valence electrons. The second kappa shape index (κ2) is 5.69. The van der Waals surface area contributed by atoms with Crippen LogP contribution in [0.25, 0.3) is 0 Å². The van der Waals surface area contributed by atoms with Gasteiger partial charge in [-0.1, -0.05) is 37.6 Å². The van der Waals surface area contributed by atoms with E-state index in [-0.39, 0.29) is 29.3 Å². The van der Waals surface area contributed by atoms with Crippen LogP contribution in [0, 0.1) is 28.6 Å². The van der Waals surface area contributed by atoms with Crippen LogP contribution in [0.1, 0.15) is 59.3 Å². The van der Waals surface area contributed by atoms with Gasteiger partial charge in [0.05, 0.1) is 12.2 Å². The van der Waals surface area contributed by atoms with Crippen LogP contribution in [0.4, 0.5) is 0 Å². The highest BCUT2D eigenvalue weighted by molar-refractivity contribution is 5.34. The van der Waals surface area contributed by atoms with Crippen LogP contribution in [-0.2, 0) is 4.74 Å². The number of rotatable bonds is 2. The standard InChI is InChI=1S/C21H33NO2/c1-13(22)24-15-8-10-20(2)14(12-15)4-5-16-17-6-7-19(23)21(17,3)11-9-18(16)20/h8,10,12-13,15-19,23H,4-7,9,11,22H2,1-3H3/t13?,15?,16-,17-,18-,19-,20-,21-/m0/s1. The number of hydrogen-bond acceptors (Lipinski definition) is 3. The van der Waals surface area contributed by atoms with Gasteiger partial charge < -0.3 is 15.6 Å². The molecule has 0 aliphatic heterocycles. The fourth-order valence-corrected chi connectivity index (χ4v) is 6.61. The Labute approximate surface area is 146 Å². The maximum Gasteiger partial charge on any atom is 0.104 e. The molecule has 3 N–H and O–H groups in total. The van der Waals surface area contributed by atoms with Gasteiger partial charge in [-0.3, -0.25) is 0 Å². The molecule has 3 fully saturated rings. The number of ether oxygens (including phenoxy) is 1. The van der Waals surface area contributed by atoms with Gasteiger partial charge in [0.25, 0.3) is 0 Å². The zero-order valence-corrected chi connectivity index (χ0v) is 15.4. The highest BCUT2D eigenvalue weighted by atomic mass is 16.5. The lowest BCUT2D eigenvalue weighted by Crippen LogP contribution is -2.50. The summed E-state index contributed by atoms with van der Waals surface area (Å²) < 4.78 is 5.80. The minimum absolute atomic E-state index is 0.0341. The van der Waals surface area contributed by atoms with Crippen molar-refractivity contribution in [1.82, 2.24) is 0 Å². The molecule has 0 amide bonds. The number of aliphatic hydroxyl groups is 1. The van der Waals surface area contributed by atoms with E-state index in [9.17, 15) is 5.11 Å². The molecule has 3 saturated carbocycles. The quantitative estimate of drug-likeness (QED) is 0.598. The van der Waals surface area contributed by atoms with Crippen molar-refractivity contribution in [2.24, 2.45) is 34.3 Å². The minimum atomic E-state index is -0.229. The fraction of sp³-hybridized carbons (Fsp3) is 0.810. The molecular weight excluding hydrogens is 298 g/mol. The first-order chi connectivity index (χ1) is 11.3. The van der Waals surface area contributed by atoms with E-state index in [1.165, 1.54) is 32.1 Å². The molecular formula is C21H33NO2. The van der Waals surface area contributed by atoms with E-state index >= 15 is 0 Å². The highest BCUT2D eigenvalue weighted by Gasteiger charge is 2.58. The van der Waals surface area contributed by atoms with Gasteiger partial charge in [-0.25, -0.2) is 0 Å². The number of allylic oxidation sites excluding steroid dienone is 2. The predicted octanol–water partition coefficient (Wildman–Crippen LogP) is 3.78. The van der Waals surface area contributed by atoms with E-state index in [1.54, 1.807) is 5.57 Å². The lowest BCUT2D eigenvalue weighted by Gasteiger charge is -2.57. The predicted molar refractivity (Wildman–Crippen MR) is 96.1 cm³/mol. The van der Waals surface area contributed by atoms with Crippen molar-refractivity contribution >= 4 is 0 Å². The zero-order chi connectivity index (χ0) is 17.1. The summed E-state index contributed by atoms with van der Waals surface area (Å²) in [5.74, 6) is 2.18. The summed E-state index contributed by atoms with van der Waals surface area (Å²) in [7, 11) is 0. The van der Waals surface area contributed by atoms with Gasteiger partial charge in [-0.15, -0.1) is 0 Å². The molecule has 4 rings (SSSR count). The molecule has 0 bridgehead atoms. The summed E-state index contributed by atoms with van der Waals surface area (Å²) in [5, 5.41) is 10.5. The first-order valence-electron chi connectivity index (χ1n) is 9.84. The first-order valence-corrected chi connectivity index (χ1v) is 9.84. The van der Waals surface area contributed by atoms with Crippen LogP contribution in [0.3, 0.4) is 0 Å². The van der Waals surface area contributed by atoms with Crippen LogP contribution < -0.4 is 5.73 Å². The summed E-state index contributed by atoms with van der Waals surface area (Å²) in [6.45, 7) is 6.68. The summed E-state index contributed by atoms with van der Waals surface area (Å²) >= 11 is 0. The summed E-state index contributed by atoms with van der Waals surface area (Å²) in [6.07, 6.45) is 13.8. The van der Waals surface area contributed by atoms with Crippen molar-refractivity contribution in [1.29, 1.82) is 0 Å². The largest absolute Gasteiger partial charge is 0.393 e. The van der Waals surface area contributed by atoms with Crippen LogP contribution in [0.2, 0.25) is 0 Å². The van der Waals surface area contributed by atoms with Crippen molar-refractivity contribution in [3.8, 4) is 0 Å². The molecule has 0 aromatic rings. The summed E-state index contributed by atoms with van der Waals surface area (Å²) in [6, 6.07) is 0. The molecule has 0 heterocycles. The fourth-order valence-electron chi connectivity index (χ4n) is 6.61. The minimum Gasteiger partial charge on any atom is -0.393 e. The molecule has 3 nitrogen and oxygen atoms in total. The van der Waals surface area contributed by atoms with Gasteiger partial charge in [0, 0.05) is 5.41 Å². The van der Waals surface area contributed by atoms with E-state index in [2.05, 4.69) is 32.1 Å². The summed E-state index contributed by atoms with van der Waals surface area (Å²) in [5.41, 5.74) is 7.70. The van der Waals surface area contributed by atoms with Crippen LogP contribution in [0.15, 0.2) is 23.8 Å². The summed E-state index contributed by atoms with van der Waals surface area (Å²) in [4.78, 5) is 0. The number of aliphatic hydroxyl groups excluding tert-OH is 1. The molecule has 0 spiro atoms. The Kier molecular flexibility index (Phi) is 3.98. The Morgan fingerprint density at radius 2 is 2.00 bits per heavy atom. The number of fused-ring (bicyclic) bond motifs is 5. The second-order valence-electron chi connectivity index (χ2n) is 9.19. The average molecular weight is 332 g/mol. The molecule has 4 aliphatic rings. The van der Waals surface area contributed by atoms with E-state index in [1.807, 2.05) is 6.92 Å². The number of hydrogen-bond donors (Lipinski definition) is 2. The van der Waals surface area contributed by atoms with Crippen molar-refractivity contribution < 1.29 is 9.84 Å². The molecule has 0 aromatic heterocycles. The molecule has 0 aromatic carbocycles. The lowest BCUT2D eigenvalue weighted by molar-refractivity contribution is -0.0626. The zero-order valence-electron chi connectivity index (χ0n) is 15.4. The Morgan fingerprint density at radius 3 is 2.75 bits per heavy atom. The Hall–Kier alpha value is -0.640. The van der Waals surface area contributed by atoms with Crippen LogP contribution in [-0.4, -0.2) is 23.5 Å². The highest BCUT2D eigenvalue weighted by Crippen LogP contribution is 2.64. The first kappa shape index (κ1) is 16.8. The molecule has 0 radical (unpaired) electrons. The van der Waals surface area contributed by atoms with Crippen LogP contribution >= 0.6 is 0 Å². The maximum absolute atomic E-state index is 10.5. The third kappa shape index (κ3) is 2.35. The van der Waals surface area contributed by atoms with E-state index in [0.717, 1.165) is 12.3 Å². The van der Waals surface area contributed by atoms with E-state index in [0.29, 0.717) is 11.8 Å².